The van der Waals surface area contributed by atoms with E-state index in [1.165, 1.54) is 12.1 Å². The molecule has 0 aliphatic heterocycles. The SMILES string of the molecule is CC(C)c1cc(F)c(Oc2ccc(Br)cc2)c(F)c1. The Morgan fingerprint density at radius 2 is 1.53 bits per heavy atom. The van der Waals surface area contributed by atoms with Gasteiger partial charge in [-0.25, -0.2) is 8.78 Å². The summed E-state index contributed by atoms with van der Waals surface area (Å²) >= 11 is 3.28. The molecule has 2 aromatic rings. The minimum Gasteiger partial charge on any atom is -0.451 e. The predicted molar refractivity (Wildman–Crippen MR) is 74.7 cm³/mol. The van der Waals surface area contributed by atoms with Gasteiger partial charge in [-0.1, -0.05) is 29.8 Å². The molecule has 0 atom stereocenters. The van der Waals surface area contributed by atoms with Gasteiger partial charge in [-0.05, 0) is 47.9 Å². The van der Waals surface area contributed by atoms with E-state index in [-0.39, 0.29) is 11.7 Å². The molecule has 0 N–H and O–H groups in total. The van der Waals surface area contributed by atoms with Crippen molar-refractivity contribution in [1.82, 2.24) is 0 Å². The summed E-state index contributed by atoms with van der Waals surface area (Å²) < 4.78 is 33.9. The van der Waals surface area contributed by atoms with Crippen LogP contribution in [-0.4, -0.2) is 0 Å². The summed E-state index contributed by atoms with van der Waals surface area (Å²) in [5, 5.41) is 0. The molecule has 0 amide bonds. The standard InChI is InChI=1S/C15H13BrF2O/c1-9(2)10-7-13(17)15(14(18)8-10)19-12-5-3-11(16)4-6-12/h3-9H,1-2H3. The van der Waals surface area contributed by atoms with Crippen molar-refractivity contribution in [2.24, 2.45) is 0 Å². The topological polar surface area (TPSA) is 9.23 Å². The van der Waals surface area contributed by atoms with E-state index in [4.69, 9.17) is 4.74 Å². The van der Waals surface area contributed by atoms with Gasteiger partial charge >= 0.3 is 0 Å². The molecule has 4 heteroatoms. The van der Waals surface area contributed by atoms with Crippen LogP contribution in [0.3, 0.4) is 0 Å². The second-order valence-electron chi connectivity index (χ2n) is 4.52. The molecule has 0 spiro atoms. The van der Waals surface area contributed by atoms with Crippen molar-refractivity contribution in [3.63, 3.8) is 0 Å². The molecule has 0 aromatic heterocycles. The molecule has 100 valence electrons. The van der Waals surface area contributed by atoms with Crippen LogP contribution < -0.4 is 4.74 Å². The van der Waals surface area contributed by atoms with Crippen LogP contribution in [0.15, 0.2) is 40.9 Å². The summed E-state index contributed by atoms with van der Waals surface area (Å²) in [4.78, 5) is 0. The van der Waals surface area contributed by atoms with Gasteiger partial charge in [-0.3, -0.25) is 0 Å². The van der Waals surface area contributed by atoms with E-state index in [1.54, 1.807) is 24.3 Å². The van der Waals surface area contributed by atoms with E-state index < -0.39 is 11.6 Å². The lowest BCUT2D eigenvalue weighted by Gasteiger charge is -2.11. The molecule has 0 aliphatic carbocycles. The smallest absolute Gasteiger partial charge is 0.198 e. The zero-order chi connectivity index (χ0) is 14.0. The van der Waals surface area contributed by atoms with Gasteiger partial charge in [0.1, 0.15) is 5.75 Å². The normalized spacial score (nSPS) is 10.8. The predicted octanol–water partition coefficient (Wildman–Crippen LogP) is 5.64. The van der Waals surface area contributed by atoms with Gasteiger partial charge in [0, 0.05) is 4.47 Å². The lowest BCUT2D eigenvalue weighted by molar-refractivity contribution is 0.406. The van der Waals surface area contributed by atoms with Crippen molar-refractivity contribution in [2.45, 2.75) is 19.8 Å². The number of rotatable bonds is 3. The molecule has 19 heavy (non-hydrogen) atoms. The van der Waals surface area contributed by atoms with Crippen LogP contribution in [0.1, 0.15) is 25.3 Å². The van der Waals surface area contributed by atoms with E-state index >= 15 is 0 Å². The van der Waals surface area contributed by atoms with Crippen molar-refractivity contribution >= 4 is 15.9 Å². The quantitative estimate of drug-likeness (QED) is 0.708. The molecular formula is C15H13BrF2O. The Morgan fingerprint density at radius 1 is 1.00 bits per heavy atom. The van der Waals surface area contributed by atoms with E-state index in [0.717, 1.165) is 4.47 Å². The third kappa shape index (κ3) is 3.32. The monoisotopic (exact) mass is 326 g/mol. The average Bonchev–Trinajstić information content (AvgIpc) is 2.35. The molecule has 0 heterocycles. The Morgan fingerprint density at radius 3 is 2.00 bits per heavy atom. The molecule has 0 saturated heterocycles. The highest BCUT2D eigenvalue weighted by atomic mass is 79.9. The summed E-state index contributed by atoms with van der Waals surface area (Å²) in [7, 11) is 0. The fraction of sp³-hybridized carbons (Fsp3) is 0.200. The van der Waals surface area contributed by atoms with Crippen LogP contribution >= 0.6 is 15.9 Å². The van der Waals surface area contributed by atoms with E-state index in [9.17, 15) is 8.78 Å². The Balaban J connectivity index is 2.32. The Labute approximate surface area is 119 Å². The van der Waals surface area contributed by atoms with Gasteiger partial charge in [0.15, 0.2) is 17.4 Å². The molecule has 0 radical (unpaired) electrons. The van der Waals surface area contributed by atoms with Gasteiger partial charge in [-0.2, -0.15) is 0 Å². The lowest BCUT2D eigenvalue weighted by atomic mass is 10.0. The molecule has 1 nitrogen and oxygen atoms in total. The highest BCUT2D eigenvalue weighted by molar-refractivity contribution is 9.10. The van der Waals surface area contributed by atoms with Crippen LogP contribution in [0.2, 0.25) is 0 Å². The Bertz CT molecular complexity index is 556. The van der Waals surface area contributed by atoms with Gasteiger partial charge in [0.2, 0.25) is 0 Å². The maximum absolute atomic E-state index is 13.9. The van der Waals surface area contributed by atoms with Crippen molar-refractivity contribution in [1.29, 1.82) is 0 Å². The highest BCUT2D eigenvalue weighted by Crippen LogP contribution is 2.31. The van der Waals surface area contributed by atoms with Gasteiger partial charge in [0.05, 0.1) is 0 Å². The number of hydrogen-bond acceptors (Lipinski definition) is 1. The zero-order valence-electron chi connectivity index (χ0n) is 10.6. The minimum absolute atomic E-state index is 0.0609. The fourth-order valence-corrected chi connectivity index (χ4v) is 1.90. The molecule has 0 fully saturated rings. The average molecular weight is 327 g/mol. The van der Waals surface area contributed by atoms with Crippen LogP contribution in [0.25, 0.3) is 0 Å². The van der Waals surface area contributed by atoms with Gasteiger partial charge < -0.3 is 4.74 Å². The second kappa shape index (κ2) is 5.70. The summed E-state index contributed by atoms with van der Waals surface area (Å²) in [6.45, 7) is 3.76. The molecular weight excluding hydrogens is 314 g/mol. The zero-order valence-corrected chi connectivity index (χ0v) is 12.2. The van der Waals surface area contributed by atoms with E-state index in [2.05, 4.69) is 15.9 Å². The van der Waals surface area contributed by atoms with Crippen LogP contribution in [0.5, 0.6) is 11.5 Å². The lowest BCUT2D eigenvalue weighted by Crippen LogP contribution is -1.97. The first-order chi connectivity index (χ1) is 8.97. The van der Waals surface area contributed by atoms with Gasteiger partial charge in [0.25, 0.3) is 0 Å². The van der Waals surface area contributed by atoms with E-state index in [0.29, 0.717) is 11.3 Å². The summed E-state index contributed by atoms with van der Waals surface area (Å²) in [6, 6.07) is 9.38. The number of halogens is 3. The van der Waals surface area contributed by atoms with Crippen LogP contribution in [0.4, 0.5) is 8.78 Å². The van der Waals surface area contributed by atoms with Crippen molar-refractivity contribution < 1.29 is 13.5 Å². The van der Waals surface area contributed by atoms with Gasteiger partial charge in [-0.15, -0.1) is 0 Å². The summed E-state index contributed by atoms with van der Waals surface area (Å²) in [5.41, 5.74) is 0.609. The largest absolute Gasteiger partial charge is 0.451 e. The maximum Gasteiger partial charge on any atom is 0.198 e. The first kappa shape index (κ1) is 14.0. The summed E-state index contributed by atoms with van der Waals surface area (Å²) in [5.74, 6) is -1.30. The molecule has 2 rings (SSSR count). The molecule has 0 aliphatic rings. The molecule has 2 aromatic carbocycles. The van der Waals surface area contributed by atoms with Crippen LogP contribution in [-0.2, 0) is 0 Å². The number of hydrogen-bond donors (Lipinski definition) is 0. The highest BCUT2D eigenvalue weighted by Gasteiger charge is 2.15. The van der Waals surface area contributed by atoms with Crippen molar-refractivity contribution in [3.05, 3.63) is 58.1 Å². The van der Waals surface area contributed by atoms with E-state index in [1.807, 2.05) is 13.8 Å². The number of benzene rings is 2. The second-order valence-corrected chi connectivity index (χ2v) is 5.44. The first-order valence-corrected chi connectivity index (χ1v) is 6.69. The molecule has 0 unspecified atom stereocenters. The Hall–Kier alpha value is -1.42. The Kier molecular flexibility index (Phi) is 4.20. The molecule has 0 bridgehead atoms. The van der Waals surface area contributed by atoms with Crippen molar-refractivity contribution in [2.75, 3.05) is 0 Å². The van der Waals surface area contributed by atoms with Crippen LogP contribution in [0, 0.1) is 11.6 Å². The summed E-state index contributed by atoms with van der Waals surface area (Å²) in [6.07, 6.45) is 0. The third-order valence-corrected chi connectivity index (χ3v) is 3.25. The fourth-order valence-electron chi connectivity index (χ4n) is 1.63. The molecule has 0 saturated carbocycles. The third-order valence-electron chi connectivity index (χ3n) is 2.72. The first-order valence-electron chi connectivity index (χ1n) is 5.89. The minimum atomic E-state index is -0.688. The maximum atomic E-state index is 13.9. The van der Waals surface area contributed by atoms with Crippen molar-refractivity contribution in [3.8, 4) is 11.5 Å². The number of ether oxygens (including phenoxy) is 1.